The van der Waals surface area contributed by atoms with Crippen molar-refractivity contribution in [2.75, 3.05) is 0 Å². The summed E-state index contributed by atoms with van der Waals surface area (Å²) >= 11 is 3.33. The highest BCUT2D eigenvalue weighted by Gasteiger charge is 2.35. The molecule has 0 amide bonds. The van der Waals surface area contributed by atoms with Gasteiger partial charge < -0.3 is 0 Å². The lowest BCUT2D eigenvalue weighted by atomic mass is 9.85. The van der Waals surface area contributed by atoms with Crippen molar-refractivity contribution in [1.29, 1.82) is 0 Å². The Morgan fingerprint density at radius 1 is 0.815 bits per heavy atom. The molecule has 0 radical (unpaired) electrons. The van der Waals surface area contributed by atoms with Crippen molar-refractivity contribution in [3.05, 3.63) is 105 Å². The van der Waals surface area contributed by atoms with Crippen molar-refractivity contribution < 1.29 is 22.0 Å². The molecule has 0 aliphatic carbocycles. The van der Waals surface area contributed by atoms with Crippen molar-refractivity contribution >= 4 is 15.9 Å². The van der Waals surface area contributed by atoms with Crippen LogP contribution in [-0.2, 0) is 12.6 Å². The van der Waals surface area contributed by atoms with Gasteiger partial charge in [-0.3, -0.25) is 0 Å². The summed E-state index contributed by atoms with van der Waals surface area (Å²) in [5, 5.41) is 0. The number of rotatable bonds is 4. The molecular formula is C21H14BrF5. The predicted octanol–water partition coefficient (Wildman–Crippen LogP) is 7.12. The van der Waals surface area contributed by atoms with Gasteiger partial charge in [-0.15, -0.1) is 0 Å². The molecule has 0 bridgehead atoms. The number of benzene rings is 3. The summed E-state index contributed by atoms with van der Waals surface area (Å²) in [5.41, 5.74) is 0.345. The van der Waals surface area contributed by atoms with Gasteiger partial charge in [0.15, 0.2) is 0 Å². The molecule has 0 nitrogen and oxygen atoms in total. The molecular weight excluding hydrogens is 427 g/mol. The number of hydrogen-bond acceptors (Lipinski definition) is 0. The molecule has 6 heteroatoms. The molecule has 0 spiro atoms. The number of halogens is 6. The highest BCUT2D eigenvalue weighted by Crippen LogP contribution is 2.36. The average molecular weight is 441 g/mol. The molecule has 0 unspecified atom stereocenters. The van der Waals surface area contributed by atoms with E-state index in [2.05, 4.69) is 15.9 Å². The second-order valence-electron chi connectivity index (χ2n) is 6.18. The van der Waals surface area contributed by atoms with Gasteiger partial charge in [0.05, 0.1) is 5.56 Å². The lowest BCUT2D eigenvalue weighted by molar-refractivity contribution is -0.140. The Kier molecular flexibility index (Phi) is 5.65. The van der Waals surface area contributed by atoms with Crippen LogP contribution in [0, 0.1) is 11.6 Å². The van der Waals surface area contributed by atoms with E-state index in [4.69, 9.17) is 0 Å². The maximum absolute atomic E-state index is 13.7. The van der Waals surface area contributed by atoms with E-state index in [0.29, 0.717) is 12.0 Å². The summed E-state index contributed by atoms with van der Waals surface area (Å²) in [6.45, 7) is 0. The van der Waals surface area contributed by atoms with Crippen molar-refractivity contribution in [3.8, 4) is 0 Å². The molecule has 0 N–H and O–H groups in total. The highest BCUT2D eigenvalue weighted by molar-refractivity contribution is 9.10. The third-order valence-corrected chi connectivity index (χ3v) is 4.83. The standard InChI is InChI=1S/C21H14BrF5/c22-16-7-4-13(5-8-16)10-18(14-2-1-3-17(23)11-14)15-6-9-20(24)19(12-15)21(25,26)27/h1-9,11-12,18H,10H2/t18-/m1/s1. The molecule has 0 heterocycles. The molecule has 0 saturated heterocycles. The van der Waals surface area contributed by atoms with E-state index in [9.17, 15) is 22.0 Å². The molecule has 140 valence electrons. The topological polar surface area (TPSA) is 0 Å². The average Bonchev–Trinajstić information content (AvgIpc) is 2.61. The summed E-state index contributed by atoms with van der Waals surface area (Å²) in [5.74, 6) is -2.36. The summed E-state index contributed by atoms with van der Waals surface area (Å²) < 4.78 is 67.6. The predicted molar refractivity (Wildman–Crippen MR) is 97.5 cm³/mol. The zero-order valence-corrected chi connectivity index (χ0v) is 15.5. The normalized spacial score (nSPS) is 12.8. The van der Waals surface area contributed by atoms with Crippen molar-refractivity contribution in [1.82, 2.24) is 0 Å². The van der Waals surface area contributed by atoms with Gasteiger partial charge in [0, 0.05) is 10.4 Å². The Hall–Kier alpha value is -2.21. The van der Waals surface area contributed by atoms with Crippen LogP contribution in [0.3, 0.4) is 0 Å². The van der Waals surface area contributed by atoms with E-state index in [0.717, 1.165) is 22.2 Å². The molecule has 3 rings (SSSR count). The first kappa shape index (κ1) is 19.5. The molecule has 3 aromatic rings. The summed E-state index contributed by atoms with van der Waals surface area (Å²) in [4.78, 5) is 0. The second kappa shape index (κ2) is 7.80. The summed E-state index contributed by atoms with van der Waals surface area (Å²) in [6.07, 6.45) is -4.45. The SMILES string of the molecule is Fc1cccc([C@@H](Cc2ccc(Br)cc2)c2ccc(F)c(C(F)(F)F)c2)c1. The van der Waals surface area contributed by atoms with Crippen LogP contribution in [0.25, 0.3) is 0 Å². The van der Waals surface area contributed by atoms with Crippen LogP contribution >= 0.6 is 15.9 Å². The molecule has 3 aromatic carbocycles. The van der Waals surface area contributed by atoms with Crippen LogP contribution in [0.2, 0.25) is 0 Å². The highest BCUT2D eigenvalue weighted by atomic mass is 79.9. The maximum atomic E-state index is 13.7. The summed E-state index contributed by atoms with van der Waals surface area (Å²) in [6, 6.07) is 16.0. The second-order valence-corrected chi connectivity index (χ2v) is 7.09. The molecule has 1 atom stereocenters. The molecule has 0 fully saturated rings. The first-order valence-electron chi connectivity index (χ1n) is 8.10. The van der Waals surface area contributed by atoms with Crippen LogP contribution in [0.4, 0.5) is 22.0 Å². The number of alkyl halides is 3. The van der Waals surface area contributed by atoms with Gasteiger partial charge in [-0.25, -0.2) is 8.78 Å². The zero-order chi connectivity index (χ0) is 19.6. The quantitative estimate of drug-likeness (QED) is 0.378. The molecule has 0 aromatic heterocycles. The largest absolute Gasteiger partial charge is 0.419 e. The van der Waals surface area contributed by atoms with Crippen molar-refractivity contribution in [3.63, 3.8) is 0 Å². The third kappa shape index (κ3) is 4.75. The lowest BCUT2D eigenvalue weighted by Gasteiger charge is -2.20. The van der Waals surface area contributed by atoms with E-state index in [1.54, 1.807) is 6.07 Å². The third-order valence-electron chi connectivity index (χ3n) is 4.30. The van der Waals surface area contributed by atoms with Gasteiger partial charge in [0.2, 0.25) is 0 Å². The molecule has 0 aliphatic rings. The zero-order valence-electron chi connectivity index (χ0n) is 13.9. The van der Waals surface area contributed by atoms with E-state index >= 15 is 0 Å². The summed E-state index contributed by atoms with van der Waals surface area (Å²) in [7, 11) is 0. The maximum Gasteiger partial charge on any atom is 0.419 e. The Labute approximate surface area is 161 Å². The van der Waals surface area contributed by atoms with Crippen molar-refractivity contribution in [2.45, 2.75) is 18.5 Å². The minimum atomic E-state index is -4.80. The van der Waals surface area contributed by atoms with Gasteiger partial charge in [0.25, 0.3) is 0 Å². The Balaban J connectivity index is 2.08. The van der Waals surface area contributed by atoms with Gasteiger partial charge in [-0.2, -0.15) is 13.2 Å². The van der Waals surface area contributed by atoms with Crippen molar-refractivity contribution in [2.24, 2.45) is 0 Å². The van der Waals surface area contributed by atoms with Gasteiger partial charge in [-0.05, 0) is 59.5 Å². The van der Waals surface area contributed by atoms with Gasteiger partial charge in [0.1, 0.15) is 11.6 Å². The van der Waals surface area contributed by atoms with Gasteiger partial charge in [-0.1, -0.05) is 46.3 Å². The molecule has 27 heavy (non-hydrogen) atoms. The number of hydrogen-bond donors (Lipinski definition) is 0. The fourth-order valence-corrected chi connectivity index (χ4v) is 3.25. The Bertz CT molecular complexity index is 932. The monoisotopic (exact) mass is 440 g/mol. The van der Waals surface area contributed by atoms with E-state index < -0.39 is 29.3 Å². The van der Waals surface area contributed by atoms with Crippen LogP contribution < -0.4 is 0 Å². The fourth-order valence-electron chi connectivity index (χ4n) is 2.98. The van der Waals surface area contributed by atoms with Crippen LogP contribution in [0.15, 0.2) is 71.2 Å². The van der Waals surface area contributed by atoms with Gasteiger partial charge >= 0.3 is 6.18 Å². The van der Waals surface area contributed by atoms with Crippen LogP contribution in [0.1, 0.15) is 28.2 Å². The fraction of sp³-hybridized carbons (Fsp3) is 0.143. The minimum absolute atomic E-state index is 0.275. The van der Waals surface area contributed by atoms with E-state index in [-0.39, 0.29) is 5.56 Å². The first-order valence-corrected chi connectivity index (χ1v) is 8.90. The van der Waals surface area contributed by atoms with E-state index in [1.165, 1.54) is 24.3 Å². The Morgan fingerprint density at radius 3 is 2.11 bits per heavy atom. The van der Waals surface area contributed by atoms with Crippen LogP contribution in [0.5, 0.6) is 0 Å². The Morgan fingerprint density at radius 2 is 1.48 bits per heavy atom. The minimum Gasteiger partial charge on any atom is -0.207 e. The molecule has 0 aliphatic heterocycles. The first-order chi connectivity index (χ1) is 12.7. The van der Waals surface area contributed by atoms with E-state index in [1.807, 2.05) is 24.3 Å². The smallest absolute Gasteiger partial charge is 0.207 e. The van der Waals surface area contributed by atoms with Crippen LogP contribution in [-0.4, -0.2) is 0 Å². The lowest BCUT2D eigenvalue weighted by Crippen LogP contribution is -2.12. The molecule has 0 saturated carbocycles.